The van der Waals surface area contributed by atoms with Gasteiger partial charge in [-0.05, 0) is 6.92 Å². The Bertz CT molecular complexity index is 869. The van der Waals surface area contributed by atoms with Crippen LogP contribution in [0, 0.1) is 6.92 Å². The van der Waals surface area contributed by atoms with Gasteiger partial charge in [0.05, 0.1) is 11.8 Å². The van der Waals surface area contributed by atoms with Crippen LogP contribution in [0.3, 0.4) is 0 Å². The van der Waals surface area contributed by atoms with Gasteiger partial charge in [0.2, 0.25) is 0 Å². The lowest BCUT2D eigenvalue weighted by atomic mass is 10.1. The van der Waals surface area contributed by atoms with Crippen LogP contribution in [-0.2, 0) is 20.3 Å². The first kappa shape index (κ1) is 15.1. The minimum absolute atomic E-state index is 0.132. The fraction of sp³-hybridized carbons (Fsp3) is 0.308. The maximum Gasteiger partial charge on any atom is 0.435 e. The van der Waals surface area contributed by atoms with Crippen molar-refractivity contribution in [1.82, 2.24) is 29.3 Å². The Morgan fingerprint density at radius 2 is 1.87 bits per heavy atom. The van der Waals surface area contributed by atoms with Gasteiger partial charge in [-0.3, -0.25) is 9.36 Å². The van der Waals surface area contributed by atoms with E-state index in [-0.39, 0.29) is 17.2 Å². The van der Waals surface area contributed by atoms with Crippen molar-refractivity contribution >= 4 is 5.82 Å². The van der Waals surface area contributed by atoms with E-state index >= 15 is 0 Å². The molecule has 7 nitrogen and oxygen atoms in total. The Kier molecular flexibility index (Phi) is 3.20. The summed E-state index contributed by atoms with van der Waals surface area (Å²) in [6.45, 7) is 1.67. The fourth-order valence-electron chi connectivity index (χ4n) is 2.33. The van der Waals surface area contributed by atoms with Crippen molar-refractivity contribution in [2.45, 2.75) is 13.1 Å². The Hall–Kier alpha value is -2.78. The maximum atomic E-state index is 13.4. The Labute approximate surface area is 129 Å². The Morgan fingerprint density at radius 1 is 1.17 bits per heavy atom. The van der Waals surface area contributed by atoms with E-state index in [1.807, 2.05) is 0 Å². The molecular formula is C13H14F3N7. The number of anilines is 1. The average Bonchev–Trinajstić information content (AvgIpc) is 3.10. The second-order valence-electron chi connectivity index (χ2n) is 5.13. The van der Waals surface area contributed by atoms with Crippen molar-refractivity contribution < 1.29 is 13.2 Å². The molecule has 0 aromatic carbocycles. The molecule has 0 unspecified atom stereocenters. The summed E-state index contributed by atoms with van der Waals surface area (Å²) < 4.78 is 44.1. The molecule has 3 aromatic heterocycles. The van der Waals surface area contributed by atoms with Gasteiger partial charge in [-0.1, -0.05) is 0 Å². The maximum absolute atomic E-state index is 13.4. The van der Waals surface area contributed by atoms with Crippen molar-refractivity contribution in [2.24, 2.45) is 14.1 Å². The molecule has 0 fully saturated rings. The van der Waals surface area contributed by atoms with Crippen molar-refractivity contribution in [3.8, 4) is 16.9 Å². The van der Waals surface area contributed by atoms with Gasteiger partial charge in [-0.25, -0.2) is 0 Å². The summed E-state index contributed by atoms with van der Waals surface area (Å²) >= 11 is 0. The van der Waals surface area contributed by atoms with Gasteiger partial charge < -0.3 is 5.73 Å². The number of nitrogens with two attached hydrogens (primary N) is 1. The molecule has 10 heteroatoms. The van der Waals surface area contributed by atoms with E-state index in [2.05, 4.69) is 15.3 Å². The molecule has 0 saturated carbocycles. The number of rotatable bonds is 2. The van der Waals surface area contributed by atoms with Gasteiger partial charge in [0.25, 0.3) is 0 Å². The minimum Gasteiger partial charge on any atom is -0.383 e. The standard InChI is InChI=1S/C13H14F3N7/c1-7-8(6-18-22(7)3)10-11(13(14,15)16)20-23(12(10)17)9-4-5-21(2)19-9/h4-6H,17H2,1-3H3. The van der Waals surface area contributed by atoms with Crippen LogP contribution in [0.15, 0.2) is 18.5 Å². The van der Waals surface area contributed by atoms with Crippen molar-refractivity contribution in [1.29, 1.82) is 0 Å². The SMILES string of the molecule is Cc1c(-c2c(C(F)(F)F)nn(-c3ccn(C)n3)c2N)cnn1C. The second kappa shape index (κ2) is 4.86. The lowest BCUT2D eigenvalue weighted by molar-refractivity contribution is -0.140. The normalized spacial score (nSPS) is 12.1. The minimum atomic E-state index is -4.65. The molecule has 0 amide bonds. The summed E-state index contributed by atoms with van der Waals surface area (Å²) in [4.78, 5) is 0. The number of nitrogens with zero attached hydrogens (tertiary/aromatic N) is 6. The summed E-state index contributed by atoms with van der Waals surface area (Å²) in [5.41, 5.74) is 5.57. The van der Waals surface area contributed by atoms with E-state index in [0.29, 0.717) is 11.3 Å². The molecule has 2 N–H and O–H groups in total. The highest BCUT2D eigenvalue weighted by atomic mass is 19.4. The molecule has 0 atom stereocenters. The Balaban J connectivity index is 2.29. The molecule has 0 saturated heterocycles. The molecule has 0 bridgehead atoms. The van der Waals surface area contributed by atoms with E-state index in [0.717, 1.165) is 4.68 Å². The molecule has 0 aliphatic carbocycles. The lowest BCUT2D eigenvalue weighted by Gasteiger charge is -2.06. The first-order chi connectivity index (χ1) is 10.7. The highest BCUT2D eigenvalue weighted by Crippen LogP contribution is 2.41. The first-order valence-electron chi connectivity index (χ1n) is 6.65. The predicted molar refractivity (Wildman–Crippen MR) is 76.7 cm³/mol. The van der Waals surface area contributed by atoms with Crippen molar-refractivity contribution in [3.63, 3.8) is 0 Å². The van der Waals surface area contributed by atoms with E-state index in [1.54, 1.807) is 27.2 Å². The van der Waals surface area contributed by atoms with Crippen LogP contribution in [0.25, 0.3) is 16.9 Å². The summed E-state index contributed by atoms with van der Waals surface area (Å²) in [5, 5.41) is 11.7. The molecule has 122 valence electrons. The molecule has 0 aliphatic heterocycles. The molecule has 0 radical (unpaired) electrons. The zero-order chi connectivity index (χ0) is 16.9. The molecule has 3 rings (SSSR count). The van der Waals surface area contributed by atoms with Crippen LogP contribution < -0.4 is 5.73 Å². The summed E-state index contributed by atoms with van der Waals surface area (Å²) in [5.74, 6) is 0.0791. The largest absolute Gasteiger partial charge is 0.435 e. The van der Waals surface area contributed by atoms with Crippen molar-refractivity contribution in [2.75, 3.05) is 5.73 Å². The molecule has 3 aromatic rings. The predicted octanol–water partition coefficient (Wildman–Crippen LogP) is 1.92. The zero-order valence-electron chi connectivity index (χ0n) is 12.6. The van der Waals surface area contributed by atoms with Crippen LogP contribution in [0.5, 0.6) is 0 Å². The number of aryl methyl sites for hydroxylation is 2. The van der Waals surface area contributed by atoms with E-state index in [9.17, 15) is 13.2 Å². The molecule has 0 aliphatic rings. The fourth-order valence-corrected chi connectivity index (χ4v) is 2.33. The number of halogens is 3. The Morgan fingerprint density at radius 3 is 2.35 bits per heavy atom. The molecular weight excluding hydrogens is 311 g/mol. The van der Waals surface area contributed by atoms with E-state index in [4.69, 9.17) is 5.73 Å². The van der Waals surface area contributed by atoms with Gasteiger partial charge in [-0.15, -0.1) is 0 Å². The quantitative estimate of drug-likeness (QED) is 0.780. The molecule has 23 heavy (non-hydrogen) atoms. The summed E-state index contributed by atoms with van der Waals surface area (Å²) in [6, 6.07) is 1.53. The molecule has 0 spiro atoms. The average molecular weight is 325 g/mol. The van der Waals surface area contributed by atoms with Gasteiger partial charge in [-0.2, -0.15) is 33.1 Å². The monoisotopic (exact) mass is 325 g/mol. The smallest absolute Gasteiger partial charge is 0.383 e. The third kappa shape index (κ3) is 2.35. The lowest BCUT2D eigenvalue weighted by Crippen LogP contribution is -2.09. The van der Waals surface area contributed by atoms with E-state index in [1.165, 1.54) is 21.6 Å². The highest BCUT2D eigenvalue weighted by Gasteiger charge is 2.40. The first-order valence-corrected chi connectivity index (χ1v) is 6.65. The van der Waals surface area contributed by atoms with Crippen LogP contribution in [0.4, 0.5) is 19.0 Å². The highest BCUT2D eigenvalue weighted by molar-refractivity contribution is 5.79. The van der Waals surface area contributed by atoms with Crippen LogP contribution >= 0.6 is 0 Å². The summed E-state index contributed by atoms with van der Waals surface area (Å²) in [7, 11) is 3.30. The number of alkyl halides is 3. The van der Waals surface area contributed by atoms with Gasteiger partial charge in [0.1, 0.15) is 5.82 Å². The van der Waals surface area contributed by atoms with Gasteiger partial charge in [0.15, 0.2) is 11.5 Å². The molecule has 3 heterocycles. The van der Waals surface area contributed by atoms with E-state index < -0.39 is 11.9 Å². The zero-order valence-corrected chi connectivity index (χ0v) is 12.6. The number of aromatic nitrogens is 6. The topological polar surface area (TPSA) is 79.5 Å². The van der Waals surface area contributed by atoms with Crippen LogP contribution in [0.1, 0.15) is 11.4 Å². The number of hydrogen-bond donors (Lipinski definition) is 1. The summed E-state index contributed by atoms with van der Waals surface area (Å²) in [6.07, 6.45) is -1.70. The van der Waals surface area contributed by atoms with Crippen molar-refractivity contribution in [3.05, 3.63) is 29.8 Å². The van der Waals surface area contributed by atoms with Crippen LogP contribution in [-0.4, -0.2) is 29.3 Å². The second-order valence-corrected chi connectivity index (χ2v) is 5.13. The van der Waals surface area contributed by atoms with Gasteiger partial charge >= 0.3 is 6.18 Å². The van der Waals surface area contributed by atoms with Crippen LogP contribution in [0.2, 0.25) is 0 Å². The van der Waals surface area contributed by atoms with Gasteiger partial charge in [0, 0.05) is 37.6 Å². The number of hydrogen-bond acceptors (Lipinski definition) is 4. The third-order valence-electron chi connectivity index (χ3n) is 3.61. The number of nitrogen functional groups attached to an aromatic ring is 1. The third-order valence-corrected chi connectivity index (χ3v) is 3.61.